The zero-order chi connectivity index (χ0) is 21.6. The number of nitro groups is 1. The molecule has 0 fully saturated rings. The Bertz CT molecular complexity index is 855. The Morgan fingerprint density at radius 1 is 1.10 bits per heavy atom. The minimum atomic E-state index is -1.44. The van der Waals surface area contributed by atoms with Gasteiger partial charge in [-0.1, -0.05) is 30.3 Å². The molecule has 0 radical (unpaired) electrons. The van der Waals surface area contributed by atoms with Crippen LogP contribution in [0.25, 0.3) is 0 Å². The van der Waals surface area contributed by atoms with Crippen LogP contribution in [0.2, 0.25) is 0 Å². The normalized spacial score (nSPS) is 13.9. The number of hydrogen-bond donors (Lipinski definition) is 2. The Kier molecular flexibility index (Phi) is 7.27. The first-order valence-corrected chi connectivity index (χ1v) is 8.90. The number of benzene rings is 2. The Balaban J connectivity index is 2.38. The summed E-state index contributed by atoms with van der Waals surface area (Å²) in [6.45, 7) is 2.71. The van der Waals surface area contributed by atoms with Crippen molar-refractivity contribution in [1.82, 2.24) is 5.06 Å². The lowest BCUT2D eigenvalue weighted by molar-refractivity contribution is -0.534. The highest BCUT2D eigenvalue weighted by atomic mass is 16.7. The van der Waals surface area contributed by atoms with Crippen LogP contribution in [0.5, 0.6) is 5.75 Å². The topological polar surface area (TPSA) is 130 Å². The van der Waals surface area contributed by atoms with Crippen molar-refractivity contribution in [3.63, 3.8) is 0 Å². The summed E-state index contributed by atoms with van der Waals surface area (Å²) >= 11 is 0. The van der Waals surface area contributed by atoms with Crippen molar-refractivity contribution in [2.45, 2.75) is 38.5 Å². The molecule has 1 amide bonds. The SMILES string of the molecule is CC(ON(C(=O)c1ccccc1)[C@H](Cc1ccc(O)cc1)C(=O)O)C(C)[N+](=O)[O-]. The Hall–Kier alpha value is -3.46. The fraction of sp³-hybridized carbons (Fsp3) is 0.300. The summed E-state index contributed by atoms with van der Waals surface area (Å²) in [5.41, 5.74) is 0.727. The molecular formula is C20H22N2O7. The molecule has 29 heavy (non-hydrogen) atoms. The van der Waals surface area contributed by atoms with Gasteiger partial charge in [0.2, 0.25) is 6.04 Å². The average molecular weight is 402 g/mol. The Morgan fingerprint density at radius 3 is 2.21 bits per heavy atom. The number of aromatic hydroxyl groups is 1. The number of carboxylic acid groups (broad SMARTS) is 1. The quantitative estimate of drug-likeness (QED) is 0.487. The van der Waals surface area contributed by atoms with Gasteiger partial charge in [-0.05, 0) is 36.8 Å². The summed E-state index contributed by atoms with van der Waals surface area (Å²) in [5.74, 6) is -2.04. The zero-order valence-electron chi connectivity index (χ0n) is 16.0. The van der Waals surface area contributed by atoms with E-state index in [1.54, 1.807) is 18.2 Å². The molecule has 2 aromatic rings. The molecule has 0 aromatic heterocycles. The maximum atomic E-state index is 13.0. The van der Waals surface area contributed by atoms with Gasteiger partial charge in [0.05, 0.1) is 0 Å². The molecule has 0 spiro atoms. The van der Waals surface area contributed by atoms with Crippen molar-refractivity contribution >= 4 is 11.9 Å². The van der Waals surface area contributed by atoms with Crippen molar-refractivity contribution in [2.24, 2.45) is 0 Å². The van der Waals surface area contributed by atoms with E-state index in [-0.39, 0.29) is 17.7 Å². The fourth-order valence-electron chi connectivity index (χ4n) is 2.54. The molecule has 0 aliphatic carbocycles. The molecule has 0 bridgehead atoms. The van der Waals surface area contributed by atoms with Gasteiger partial charge < -0.3 is 10.2 Å². The second kappa shape index (κ2) is 9.65. The molecule has 2 unspecified atom stereocenters. The lowest BCUT2D eigenvalue weighted by Gasteiger charge is -2.30. The smallest absolute Gasteiger partial charge is 0.329 e. The van der Waals surface area contributed by atoms with Crippen molar-refractivity contribution in [1.29, 1.82) is 0 Å². The highest BCUT2D eigenvalue weighted by Gasteiger charge is 2.36. The van der Waals surface area contributed by atoms with Crippen LogP contribution in [0.1, 0.15) is 29.8 Å². The first-order chi connectivity index (χ1) is 13.7. The zero-order valence-corrected chi connectivity index (χ0v) is 16.0. The molecule has 0 aliphatic rings. The van der Waals surface area contributed by atoms with Crippen molar-refractivity contribution < 1.29 is 29.6 Å². The molecule has 0 saturated carbocycles. The molecule has 9 nitrogen and oxygen atoms in total. The molecule has 2 rings (SSSR count). The van der Waals surface area contributed by atoms with Crippen LogP contribution in [0.3, 0.4) is 0 Å². The second-order valence-corrected chi connectivity index (χ2v) is 6.56. The first-order valence-electron chi connectivity index (χ1n) is 8.90. The largest absolute Gasteiger partial charge is 0.508 e. The molecule has 0 saturated heterocycles. The van der Waals surface area contributed by atoms with E-state index in [1.165, 1.54) is 50.2 Å². The van der Waals surface area contributed by atoms with Crippen molar-refractivity contribution in [2.75, 3.05) is 0 Å². The summed E-state index contributed by atoms with van der Waals surface area (Å²) in [4.78, 5) is 41.0. The minimum absolute atomic E-state index is 0.0162. The van der Waals surface area contributed by atoms with E-state index in [0.717, 1.165) is 0 Å². The summed E-state index contributed by atoms with van der Waals surface area (Å²) in [6, 6.07) is 11.2. The number of rotatable bonds is 9. The third-order valence-electron chi connectivity index (χ3n) is 4.45. The van der Waals surface area contributed by atoms with Gasteiger partial charge in [-0.2, -0.15) is 0 Å². The van der Waals surface area contributed by atoms with E-state index in [2.05, 4.69) is 0 Å². The number of carbonyl (C=O) groups excluding carboxylic acids is 1. The van der Waals surface area contributed by atoms with Crippen LogP contribution in [0.4, 0.5) is 0 Å². The highest BCUT2D eigenvalue weighted by molar-refractivity contribution is 5.95. The number of hydroxylamine groups is 2. The van der Waals surface area contributed by atoms with E-state index in [4.69, 9.17) is 4.84 Å². The summed E-state index contributed by atoms with van der Waals surface area (Å²) in [7, 11) is 0. The maximum Gasteiger partial charge on any atom is 0.329 e. The highest BCUT2D eigenvalue weighted by Crippen LogP contribution is 2.19. The van der Waals surface area contributed by atoms with E-state index >= 15 is 0 Å². The number of amides is 1. The lowest BCUT2D eigenvalue weighted by atomic mass is 10.0. The predicted molar refractivity (Wildman–Crippen MR) is 103 cm³/mol. The van der Waals surface area contributed by atoms with Crippen molar-refractivity contribution in [3.8, 4) is 5.75 Å². The minimum Gasteiger partial charge on any atom is -0.508 e. The number of phenolic OH excluding ortho intramolecular Hbond substituents is 1. The number of carboxylic acids is 1. The summed E-state index contributed by atoms with van der Waals surface area (Å²) in [5, 5.41) is 30.9. The average Bonchev–Trinajstić information content (AvgIpc) is 2.71. The molecule has 154 valence electrons. The molecule has 0 heterocycles. The van der Waals surface area contributed by atoms with Crippen molar-refractivity contribution in [3.05, 3.63) is 75.8 Å². The monoisotopic (exact) mass is 402 g/mol. The van der Waals surface area contributed by atoms with Gasteiger partial charge in [0.15, 0.2) is 6.04 Å². The Labute approximate surface area is 167 Å². The van der Waals surface area contributed by atoms with Gasteiger partial charge >= 0.3 is 5.97 Å². The van der Waals surface area contributed by atoms with Crippen LogP contribution in [0, 0.1) is 10.1 Å². The third-order valence-corrected chi connectivity index (χ3v) is 4.45. The van der Waals surface area contributed by atoms with Crippen LogP contribution < -0.4 is 0 Å². The number of nitrogens with zero attached hydrogens (tertiary/aromatic N) is 2. The van der Waals surface area contributed by atoms with Gasteiger partial charge in [0.25, 0.3) is 5.91 Å². The molecule has 3 atom stereocenters. The number of phenols is 1. The number of aliphatic carboxylic acids is 1. The van der Waals surface area contributed by atoms with Crippen LogP contribution >= 0.6 is 0 Å². The summed E-state index contributed by atoms with van der Waals surface area (Å²) in [6.07, 6.45) is -1.17. The molecule has 9 heteroatoms. The Morgan fingerprint density at radius 2 is 1.69 bits per heavy atom. The van der Waals surface area contributed by atoms with E-state index < -0.39 is 35.0 Å². The molecular weight excluding hydrogens is 380 g/mol. The van der Waals surface area contributed by atoms with Crippen LogP contribution in [0.15, 0.2) is 54.6 Å². The van der Waals surface area contributed by atoms with Gasteiger partial charge in [-0.15, -0.1) is 0 Å². The second-order valence-electron chi connectivity index (χ2n) is 6.56. The fourth-order valence-corrected chi connectivity index (χ4v) is 2.54. The van der Waals surface area contributed by atoms with E-state index in [9.17, 15) is 29.9 Å². The van der Waals surface area contributed by atoms with Crippen LogP contribution in [-0.4, -0.2) is 50.3 Å². The van der Waals surface area contributed by atoms with Gasteiger partial charge in [0, 0.05) is 23.8 Å². The lowest BCUT2D eigenvalue weighted by Crippen LogP contribution is -2.49. The third kappa shape index (κ3) is 5.76. The standard InChI is InChI=1S/C20H22N2O7/c1-13(22(27)28)14(2)29-21(19(24)16-6-4-3-5-7-16)18(20(25)26)12-15-8-10-17(23)11-9-15/h3-11,13-14,18,23H,12H2,1-2H3,(H,25,26)/t13?,14?,18-/m1/s1. The number of hydrogen-bond acceptors (Lipinski definition) is 6. The maximum absolute atomic E-state index is 13.0. The van der Waals surface area contributed by atoms with Gasteiger partial charge in [0.1, 0.15) is 11.9 Å². The predicted octanol–water partition coefficient (Wildman–Crippen LogP) is 2.52. The van der Waals surface area contributed by atoms with Gasteiger partial charge in [-0.25, -0.2) is 9.86 Å². The van der Waals surface area contributed by atoms with E-state index in [0.29, 0.717) is 10.6 Å². The van der Waals surface area contributed by atoms with Crippen LogP contribution in [-0.2, 0) is 16.1 Å². The number of carbonyl (C=O) groups is 2. The molecule has 2 aromatic carbocycles. The van der Waals surface area contributed by atoms with Gasteiger partial charge in [-0.3, -0.25) is 19.7 Å². The van der Waals surface area contributed by atoms with E-state index in [1.807, 2.05) is 0 Å². The molecule has 2 N–H and O–H groups in total. The molecule has 0 aliphatic heterocycles. The first kappa shape index (κ1) is 21.8. The summed E-state index contributed by atoms with van der Waals surface area (Å²) < 4.78 is 0.